The first-order valence-corrected chi connectivity index (χ1v) is 7.83. The Balaban J connectivity index is 1.79. The summed E-state index contributed by atoms with van der Waals surface area (Å²) in [7, 11) is 0. The molecular formula is C18H21NO4. The van der Waals surface area contributed by atoms with Gasteiger partial charge in [0.25, 0.3) is 5.91 Å². The monoisotopic (exact) mass is 315 g/mol. The lowest BCUT2D eigenvalue weighted by Crippen LogP contribution is -2.30. The number of ether oxygens (including phenoxy) is 2. The normalized spacial score (nSPS) is 13.0. The quantitative estimate of drug-likeness (QED) is 0.868. The zero-order valence-corrected chi connectivity index (χ0v) is 13.7. The number of nitrogens with zero attached hydrogens (tertiary/aromatic N) is 1. The summed E-state index contributed by atoms with van der Waals surface area (Å²) in [5.74, 6) is 2.90. The van der Waals surface area contributed by atoms with Crippen molar-refractivity contribution in [2.75, 3.05) is 19.8 Å². The topological polar surface area (TPSA) is 51.9 Å². The second-order valence-corrected chi connectivity index (χ2v) is 5.62. The fourth-order valence-electron chi connectivity index (χ4n) is 2.75. The standard InChI is InChI=1S/C18H21NO4/c1-4-19(18(20)15-9-12(2)23-13(15)3)11-14-5-6-16-17(10-14)22-8-7-21-16/h5-6,9-10H,4,7-8,11H2,1-3H3. The zero-order valence-electron chi connectivity index (χ0n) is 13.7. The summed E-state index contributed by atoms with van der Waals surface area (Å²) in [5, 5.41) is 0. The van der Waals surface area contributed by atoms with Gasteiger partial charge < -0.3 is 18.8 Å². The first kappa shape index (κ1) is 15.5. The molecule has 0 spiro atoms. The van der Waals surface area contributed by atoms with Gasteiger partial charge in [-0.15, -0.1) is 0 Å². The van der Waals surface area contributed by atoms with E-state index in [0.717, 1.165) is 22.8 Å². The highest BCUT2D eigenvalue weighted by Gasteiger charge is 2.20. The summed E-state index contributed by atoms with van der Waals surface area (Å²) < 4.78 is 16.6. The molecule has 1 aromatic heterocycles. The van der Waals surface area contributed by atoms with Crippen LogP contribution in [0.4, 0.5) is 0 Å². The van der Waals surface area contributed by atoms with E-state index in [1.807, 2.05) is 39.0 Å². The fraction of sp³-hybridized carbons (Fsp3) is 0.389. The number of hydrogen-bond acceptors (Lipinski definition) is 4. The minimum Gasteiger partial charge on any atom is -0.486 e. The summed E-state index contributed by atoms with van der Waals surface area (Å²) in [6, 6.07) is 7.61. The van der Waals surface area contributed by atoms with Crippen molar-refractivity contribution >= 4 is 5.91 Å². The van der Waals surface area contributed by atoms with Crippen LogP contribution in [0.2, 0.25) is 0 Å². The van der Waals surface area contributed by atoms with Crippen LogP contribution in [0.25, 0.3) is 0 Å². The molecular weight excluding hydrogens is 294 g/mol. The molecule has 5 heteroatoms. The van der Waals surface area contributed by atoms with E-state index in [4.69, 9.17) is 13.9 Å². The first-order valence-electron chi connectivity index (χ1n) is 7.83. The van der Waals surface area contributed by atoms with Gasteiger partial charge in [0.2, 0.25) is 0 Å². The lowest BCUT2D eigenvalue weighted by Gasteiger charge is -2.23. The van der Waals surface area contributed by atoms with Crippen LogP contribution in [0, 0.1) is 13.8 Å². The van der Waals surface area contributed by atoms with E-state index >= 15 is 0 Å². The van der Waals surface area contributed by atoms with E-state index in [2.05, 4.69) is 0 Å². The molecule has 2 aromatic rings. The van der Waals surface area contributed by atoms with E-state index < -0.39 is 0 Å². The fourth-order valence-corrected chi connectivity index (χ4v) is 2.75. The molecule has 1 aliphatic heterocycles. The lowest BCUT2D eigenvalue weighted by molar-refractivity contribution is 0.0750. The van der Waals surface area contributed by atoms with Crippen molar-refractivity contribution in [2.45, 2.75) is 27.3 Å². The van der Waals surface area contributed by atoms with E-state index in [1.165, 1.54) is 0 Å². The second-order valence-electron chi connectivity index (χ2n) is 5.62. The Bertz CT molecular complexity index is 720. The minimum absolute atomic E-state index is 0.0169. The maximum absolute atomic E-state index is 12.7. The molecule has 3 rings (SSSR count). The van der Waals surface area contributed by atoms with Crippen molar-refractivity contribution < 1.29 is 18.7 Å². The van der Waals surface area contributed by atoms with Gasteiger partial charge in [-0.2, -0.15) is 0 Å². The Hall–Kier alpha value is -2.43. The number of hydrogen-bond donors (Lipinski definition) is 0. The summed E-state index contributed by atoms with van der Waals surface area (Å²) >= 11 is 0. The third-order valence-electron chi connectivity index (χ3n) is 3.92. The molecule has 1 amide bonds. The highest BCUT2D eigenvalue weighted by molar-refractivity contribution is 5.95. The van der Waals surface area contributed by atoms with E-state index in [-0.39, 0.29) is 5.91 Å². The molecule has 23 heavy (non-hydrogen) atoms. The third kappa shape index (κ3) is 3.18. The van der Waals surface area contributed by atoms with Gasteiger partial charge >= 0.3 is 0 Å². The van der Waals surface area contributed by atoms with Gasteiger partial charge in [-0.05, 0) is 44.5 Å². The van der Waals surface area contributed by atoms with Crippen LogP contribution in [-0.4, -0.2) is 30.6 Å². The number of amides is 1. The number of aryl methyl sites for hydroxylation is 2. The number of fused-ring (bicyclic) bond motifs is 1. The van der Waals surface area contributed by atoms with Crippen LogP contribution in [0.15, 0.2) is 28.7 Å². The molecule has 5 nitrogen and oxygen atoms in total. The molecule has 0 radical (unpaired) electrons. The van der Waals surface area contributed by atoms with E-state index in [0.29, 0.717) is 37.6 Å². The van der Waals surface area contributed by atoms with Crippen LogP contribution in [0.3, 0.4) is 0 Å². The number of furan rings is 1. The number of benzene rings is 1. The van der Waals surface area contributed by atoms with Crippen molar-refractivity contribution in [2.24, 2.45) is 0 Å². The van der Waals surface area contributed by atoms with Crippen LogP contribution in [0.1, 0.15) is 34.4 Å². The Morgan fingerprint density at radius 2 is 1.87 bits per heavy atom. The first-order chi connectivity index (χ1) is 11.1. The van der Waals surface area contributed by atoms with Gasteiger partial charge in [-0.1, -0.05) is 6.07 Å². The van der Waals surface area contributed by atoms with Gasteiger partial charge in [0.15, 0.2) is 11.5 Å². The molecule has 0 N–H and O–H groups in total. The average Bonchev–Trinajstić information content (AvgIpc) is 2.90. The average molecular weight is 315 g/mol. The number of rotatable bonds is 4. The van der Waals surface area contributed by atoms with Crippen molar-refractivity contribution in [1.82, 2.24) is 4.90 Å². The van der Waals surface area contributed by atoms with Gasteiger partial charge in [0.1, 0.15) is 24.7 Å². The minimum atomic E-state index is -0.0169. The maximum atomic E-state index is 12.7. The highest BCUT2D eigenvalue weighted by Crippen LogP contribution is 2.31. The predicted octanol–water partition coefficient (Wildman–Crippen LogP) is 3.33. The summed E-state index contributed by atoms with van der Waals surface area (Å²) in [4.78, 5) is 14.5. The molecule has 122 valence electrons. The molecule has 0 atom stereocenters. The van der Waals surface area contributed by atoms with Crippen molar-refractivity contribution in [1.29, 1.82) is 0 Å². The second kappa shape index (κ2) is 6.36. The Labute approximate surface area is 135 Å². The van der Waals surface area contributed by atoms with E-state index in [9.17, 15) is 4.79 Å². The number of carbonyl (C=O) groups excluding carboxylic acids is 1. The van der Waals surface area contributed by atoms with Crippen LogP contribution >= 0.6 is 0 Å². The SMILES string of the molecule is CCN(Cc1ccc2c(c1)OCCO2)C(=O)c1cc(C)oc1C. The summed E-state index contributed by atoms with van der Waals surface area (Å²) in [6.07, 6.45) is 0. The largest absolute Gasteiger partial charge is 0.486 e. The molecule has 0 saturated heterocycles. The van der Waals surface area contributed by atoms with Gasteiger partial charge in [-0.3, -0.25) is 4.79 Å². The summed E-state index contributed by atoms with van der Waals surface area (Å²) in [6.45, 7) is 7.91. The highest BCUT2D eigenvalue weighted by atomic mass is 16.6. The summed E-state index contributed by atoms with van der Waals surface area (Å²) in [5.41, 5.74) is 1.64. The van der Waals surface area contributed by atoms with Crippen LogP contribution in [-0.2, 0) is 6.54 Å². The third-order valence-corrected chi connectivity index (χ3v) is 3.92. The molecule has 1 aliphatic rings. The Morgan fingerprint density at radius 1 is 1.13 bits per heavy atom. The van der Waals surface area contributed by atoms with Crippen molar-refractivity contribution in [3.8, 4) is 11.5 Å². The van der Waals surface area contributed by atoms with Crippen molar-refractivity contribution in [3.05, 3.63) is 46.9 Å². The smallest absolute Gasteiger partial charge is 0.257 e. The molecule has 0 unspecified atom stereocenters. The molecule has 2 heterocycles. The molecule has 0 aliphatic carbocycles. The van der Waals surface area contributed by atoms with Crippen molar-refractivity contribution in [3.63, 3.8) is 0 Å². The van der Waals surface area contributed by atoms with Crippen LogP contribution < -0.4 is 9.47 Å². The van der Waals surface area contributed by atoms with E-state index in [1.54, 1.807) is 11.0 Å². The van der Waals surface area contributed by atoms with Gasteiger partial charge in [0, 0.05) is 13.1 Å². The molecule has 0 bridgehead atoms. The maximum Gasteiger partial charge on any atom is 0.257 e. The molecule has 1 aromatic carbocycles. The van der Waals surface area contributed by atoms with Crippen LogP contribution in [0.5, 0.6) is 11.5 Å². The number of carbonyl (C=O) groups is 1. The van der Waals surface area contributed by atoms with Gasteiger partial charge in [-0.25, -0.2) is 0 Å². The molecule has 0 saturated carbocycles. The van der Waals surface area contributed by atoms with Gasteiger partial charge in [0.05, 0.1) is 5.56 Å². The Kier molecular flexibility index (Phi) is 4.28. The Morgan fingerprint density at radius 3 is 2.52 bits per heavy atom. The zero-order chi connectivity index (χ0) is 16.4. The predicted molar refractivity (Wildman–Crippen MR) is 86.0 cm³/mol. The lowest BCUT2D eigenvalue weighted by atomic mass is 10.1. The molecule has 0 fully saturated rings.